The number of hydrogen-bond acceptors (Lipinski definition) is 2. The number of phosphoric acid groups is 1. The van der Waals surface area contributed by atoms with Crippen LogP contribution < -0.4 is 0 Å². The van der Waals surface area contributed by atoms with E-state index in [0.717, 1.165) is 12.8 Å². The van der Waals surface area contributed by atoms with Gasteiger partial charge in [-0.1, -0.05) is 27.2 Å². The van der Waals surface area contributed by atoms with Gasteiger partial charge in [0.2, 0.25) is 0 Å². The molecule has 74 valence electrons. The Morgan fingerprint density at radius 1 is 1.42 bits per heavy atom. The number of rotatable bonds is 5. The van der Waals surface area contributed by atoms with Gasteiger partial charge in [-0.3, -0.25) is 4.52 Å². The molecule has 2 N–H and O–H groups in total. The van der Waals surface area contributed by atoms with Crippen LogP contribution in [-0.2, 0) is 9.09 Å². The van der Waals surface area contributed by atoms with Gasteiger partial charge in [0.15, 0.2) is 0 Å². The smallest absolute Gasteiger partial charge is 0.303 e. The Morgan fingerprint density at radius 2 is 1.92 bits per heavy atom. The minimum Gasteiger partial charge on any atom is -0.303 e. The summed E-state index contributed by atoms with van der Waals surface area (Å²) in [7, 11) is -4.29. The van der Waals surface area contributed by atoms with Crippen LogP contribution in [0, 0.1) is 5.41 Å². The van der Waals surface area contributed by atoms with Gasteiger partial charge in [0.1, 0.15) is 0 Å². The minimum atomic E-state index is -4.29. The summed E-state index contributed by atoms with van der Waals surface area (Å²) >= 11 is 0. The fourth-order valence-electron chi connectivity index (χ4n) is 1.01. The van der Waals surface area contributed by atoms with Crippen molar-refractivity contribution in [2.24, 2.45) is 5.41 Å². The highest BCUT2D eigenvalue weighted by Gasteiger charge is 2.22. The molecular weight excluding hydrogens is 179 g/mol. The molecule has 0 aliphatic rings. The van der Waals surface area contributed by atoms with Crippen molar-refractivity contribution in [3.05, 3.63) is 0 Å². The topological polar surface area (TPSA) is 66.8 Å². The standard InChI is InChI=1S/C7H17O4P/c1-4-5-7(2,3)6-11-12(8,9)10/h4-6H2,1-3H3,(H2,8,9,10). The Balaban J connectivity index is 3.83. The van der Waals surface area contributed by atoms with Crippen molar-refractivity contribution < 1.29 is 18.9 Å². The van der Waals surface area contributed by atoms with Crippen molar-refractivity contribution in [2.75, 3.05) is 6.61 Å². The summed E-state index contributed by atoms with van der Waals surface area (Å²) in [5, 5.41) is 0. The van der Waals surface area contributed by atoms with E-state index in [2.05, 4.69) is 4.52 Å². The first-order chi connectivity index (χ1) is 5.27. The maximum Gasteiger partial charge on any atom is 0.469 e. The van der Waals surface area contributed by atoms with Crippen molar-refractivity contribution in [3.8, 4) is 0 Å². The molecule has 0 amide bonds. The summed E-state index contributed by atoms with van der Waals surface area (Å²) in [6.45, 7) is 5.97. The highest BCUT2D eigenvalue weighted by molar-refractivity contribution is 7.46. The zero-order valence-electron chi connectivity index (χ0n) is 7.78. The summed E-state index contributed by atoms with van der Waals surface area (Å²) in [5.74, 6) is 0. The molecule has 0 aliphatic heterocycles. The Kier molecular flexibility index (Phi) is 4.42. The third-order valence-corrected chi connectivity index (χ3v) is 2.02. The van der Waals surface area contributed by atoms with Crippen LogP contribution in [0.2, 0.25) is 0 Å². The molecule has 0 unspecified atom stereocenters. The first-order valence-electron chi connectivity index (χ1n) is 3.97. The molecule has 0 aromatic carbocycles. The summed E-state index contributed by atoms with van der Waals surface area (Å²) in [6, 6.07) is 0. The Hall–Kier alpha value is 0.110. The van der Waals surface area contributed by atoms with E-state index in [9.17, 15) is 4.57 Å². The molecule has 4 nitrogen and oxygen atoms in total. The molecular formula is C7H17O4P. The fourth-order valence-corrected chi connectivity index (χ4v) is 1.53. The first-order valence-corrected chi connectivity index (χ1v) is 5.50. The molecule has 0 heterocycles. The van der Waals surface area contributed by atoms with E-state index >= 15 is 0 Å². The third kappa shape index (κ3) is 6.80. The number of phosphoric ester groups is 1. The highest BCUT2D eigenvalue weighted by Crippen LogP contribution is 2.38. The van der Waals surface area contributed by atoms with E-state index in [4.69, 9.17) is 9.79 Å². The Bertz CT molecular complexity index is 172. The molecule has 0 rings (SSSR count). The highest BCUT2D eigenvalue weighted by atomic mass is 31.2. The van der Waals surface area contributed by atoms with Crippen LogP contribution in [-0.4, -0.2) is 16.4 Å². The molecule has 0 saturated heterocycles. The molecule has 0 aliphatic carbocycles. The van der Waals surface area contributed by atoms with E-state index < -0.39 is 7.82 Å². The summed E-state index contributed by atoms with van der Waals surface area (Å²) in [6.07, 6.45) is 1.88. The molecule has 0 spiro atoms. The lowest BCUT2D eigenvalue weighted by Crippen LogP contribution is -2.18. The van der Waals surface area contributed by atoms with E-state index in [-0.39, 0.29) is 12.0 Å². The maximum absolute atomic E-state index is 10.4. The molecule has 0 radical (unpaired) electrons. The normalized spacial score (nSPS) is 13.4. The fraction of sp³-hybridized carbons (Fsp3) is 1.00. The van der Waals surface area contributed by atoms with Crippen molar-refractivity contribution in [1.29, 1.82) is 0 Å². The van der Waals surface area contributed by atoms with Gasteiger partial charge in [0.05, 0.1) is 6.61 Å². The SMILES string of the molecule is CCCC(C)(C)COP(=O)(O)O. The minimum absolute atomic E-state index is 0.102. The van der Waals surface area contributed by atoms with Crippen LogP contribution in [0.25, 0.3) is 0 Å². The lowest BCUT2D eigenvalue weighted by atomic mass is 9.89. The van der Waals surface area contributed by atoms with Gasteiger partial charge in [-0.2, -0.15) is 0 Å². The molecule has 12 heavy (non-hydrogen) atoms. The van der Waals surface area contributed by atoms with Gasteiger partial charge in [-0.05, 0) is 11.8 Å². The molecule has 0 atom stereocenters. The third-order valence-electron chi connectivity index (χ3n) is 1.55. The van der Waals surface area contributed by atoms with Gasteiger partial charge in [-0.25, -0.2) is 4.57 Å². The summed E-state index contributed by atoms with van der Waals surface area (Å²) < 4.78 is 14.8. The van der Waals surface area contributed by atoms with E-state index in [1.165, 1.54) is 0 Å². The lowest BCUT2D eigenvalue weighted by Gasteiger charge is -2.23. The van der Waals surface area contributed by atoms with Crippen LogP contribution in [0.4, 0.5) is 0 Å². The molecule has 0 bridgehead atoms. The van der Waals surface area contributed by atoms with Gasteiger partial charge >= 0.3 is 7.82 Å². The predicted molar refractivity (Wildman–Crippen MR) is 46.7 cm³/mol. The van der Waals surface area contributed by atoms with Gasteiger partial charge in [0, 0.05) is 0 Å². The zero-order chi connectivity index (χ0) is 9.83. The quantitative estimate of drug-likeness (QED) is 0.659. The van der Waals surface area contributed by atoms with Crippen LogP contribution >= 0.6 is 7.82 Å². The largest absolute Gasteiger partial charge is 0.469 e. The van der Waals surface area contributed by atoms with Gasteiger partial charge in [0.25, 0.3) is 0 Å². The Morgan fingerprint density at radius 3 is 2.25 bits per heavy atom. The van der Waals surface area contributed by atoms with Gasteiger partial charge in [-0.15, -0.1) is 0 Å². The van der Waals surface area contributed by atoms with Crippen LogP contribution in [0.15, 0.2) is 0 Å². The van der Waals surface area contributed by atoms with Crippen LogP contribution in [0.1, 0.15) is 33.6 Å². The average Bonchev–Trinajstić information content (AvgIpc) is 1.83. The molecule has 0 saturated carbocycles. The van der Waals surface area contributed by atoms with Crippen molar-refractivity contribution >= 4 is 7.82 Å². The monoisotopic (exact) mass is 196 g/mol. The van der Waals surface area contributed by atoms with E-state index in [0.29, 0.717) is 0 Å². The molecule has 0 aromatic heterocycles. The van der Waals surface area contributed by atoms with Crippen molar-refractivity contribution in [2.45, 2.75) is 33.6 Å². The second-order valence-corrected chi connectivity index (χ2v) is 4.92. The Labute approximate surface area is 73.2 Å². The first kappa shape index (κ1) is 12.1. The summed E-state index contributed by atoms with van der Waals surface area (Å²) in [4.78, 5) is 16.9. The summed E-state index contributed by atoms with van der Waals surface area (Å²) in [5.41, 5.74) is -0.157. The lowest BCUT2D eigenvalue weighted by molar-refractivity contribution is 0.122. The maximum atomic E-state index is 10.4. The molecule has 0 fully saturated rings. The van der Waals surface area contributed by atoms with Gasteiger partial charge < -0.3 is 9.79 Å². The van der Waals surface area contributed by atoms with E-state index in [1.807, 2.05) is 20.8 Å². The molecule has 5 heteroatoms. The van der Waals surface area contributed by atoms with Crippen molar-refractivity contribution in [1.82, 2.24) is 0 Å². The van der Waals surface area contributed by atoms with Crippen LogP contribution in [0.3, 0.4) is 0 Å². The predicted octanol–water partition coefficient (Wildman–Crippen LogP) is 1.92. The second kappa shape index (κ2) is 4.38. The zero-order valence-corrected chi connectivity index (χ0v) is 8.67. The second-order valence-electron chi connectivity index (χ2n) is 3.68. The average molecular weight is 196 g/mol. The van der Waals surface area contributed by atoms with Crippen molar-refractivity contribution in [3.63, 3.8) is 0 Å². The van der Waals surface area contributed by atoms with Crippen LogP contribution in [0.5, 0.6) is 0 Å². The molecule has 0 aromatic rings. The number of hydrogen-bond donors (Lipinski definition) is 2. The van der Waals surface area contributed by atoms with E-state index in [1.54, 1.807) is 0 Å².